The van der Waals surface area contributed by atoms with Crippen LogP contribution >= 0.6 is 0 Å². The molecule has 3 aromatic carbocycles. The third-order valence-corrected chi connectivity index (χ3v) is 4.75. The Morgan fingerprint density at radius 2 is 1.62 bits per heavy atom. The average Bonchev–Trinajstić information content (AvgIpc) is 3.13. The molecule has 4 rings (SSSR count). The van der Waals surface area contributed by atoms with Crippen molar-refractivity contribution in [2.24, 2.45) is 7.05 Å². The van der Waals surface area contributed by atoms with Crippen molar-refractivity contribution in [2.45, 2.75) is 13.2 Å². The normalized spacial score (nSPS) is 10.7. The SMILES string of the molecule is Cn1c(-c2ccc(F)cc2)cnc1NCc1ccc(OCc2ccccc2)cc1. The zero-order chi connectivity index (χ0) is 20.1. The minimum absolute atomic E-state index is 0.245. The lowest BCUT2D eigenvalue weighted by Gasteiger charge is -2.10. The van der Waals surface area contributed by atoms with E-state index in [2.05, 4.69) is 10.3 Å². The molecule has 0 spiro atoms. The molecule has 0 fully saturated rings. The number of hydrogen-bond donors (Lipinski definition) is 1. The van der Waals surface area contributed by atoms with Gasteiger partial charge in [0.1, 0.15) is 18.2 Å². The molecule has 0 saturated heterocycles. The topological polar surface area (TPSA) is 39.1 Å². The number of hydrogen-bond acceptors (Lipinski definition) is 3. The van der Waals surface area contributed by atoms with Crippen LogP contribution in [0.25, 0.3) is 11.3 Å². The molecule has 1 heterocycles. The first-order valence-electron chi connectivity index (χ1n) is 9.46. The lowest BCUT2D eigenvalue weighted by atomic mass is 10.2. The molecule has 1 aromatic heterocycles. The summed E-state index contributed by atoms with van der Waals surface area (Å²) >= 11 is 0. The molecule has 4 nitrogen and oxygen atoms in total. The summed E-state index contributed by atoms with van der Waals surface area (Å²) in [5.74, 6) is 1.35. The quantitative estimate of drug-likeness (QED) is 0.460. The van der Waals surface area contributed by atoms with Gasteiger partial charge in [0.25, 0.3) is 0 Å². The van der Waals surface area contributed by atoms with E-state index in [4.69, 9.17) is 4.74 Å². The monoisotopic (exact) mass is 387 g/mol. The van der Waals surface area contributed by atoms with Gasteiger partial charge in [0, 0.05) is 19.2 Å². The Bertz CT molecular complexity index is 1060. The summed E-state index contributed by atoms with van der Waals surface area (Å²) in [4.78, 5) is 4.44. The highest BCUT2D eigenvalue weighted by molar-refractivity contribution is 5.61. The largest absolute Gasteiger partial charge is 0.489 e. The van der Waals surface area contributed by atoms with E-state index >= 15 is 0 Å². The van der Waals surface area contributed by atoms with E-state index in [0.717, 1.165) is 34.1 Å². The van der Waals surface area contributed by atoms with Crippen molar-refractivity contribution >= 4 is 5.95 Å². The first kappa shape index (κ1) is 18.7. The number of benzene rings is 3. The molecule has 4 aromatic rings. The third-order valence-electron chi connectivity index (χ3n) is 4.75. The second-order valence-electron chi connectivity index (χ2n) is 6.80. The summed E-state index contributed by atoms with van der Waals surface area (Å²) in [6.07, 6.45) is 1.79. The van der Waals surface area contributed by atoms with Gasteiger partial charge in [-0.15, -0.1) is 0 Å². The second kappa shape index (κ2) is 8.61. The molecule has 1 N–H and O–H groups in total. The van der Waals surface area contributed by atoms with Crippen molar-refractivity contribution < 1.29 is 9.13 Å². The van der Waals surface area contributed by atoms with Crippen LogP contribution in [0, 0.1) is 5.82 Å². The maximum atomic E-state index is 13.1. The Morgan fingerprint density at radius 3 is 2.34 bits per heavy atom. The van der Waals surface area contributed by atoms with Gasteiger partial charge in [0.15, 0.2) is 0 Å². The van der Waals surface area contributed by atoms with Crippen molar-refractivity contribution in [1.29, 1.82) is 0 Å². The van der Waals surface area contributed by atoms with Gasteiger partial charge >= 0.3 is 0 Å². The predicted octanol–water partition coefficient (Wildman–Crippen LogP) is 5.42. The first-order chi connectivity index (χ1) is 14.2. The fraction of sp³-hybridized carbons (Fsp3) is 0.125. The number of halogens is 1. The number of aromatic nitrogens is 2. The minimum atomic E-state index is -0.245. The Labute approximate surface area is 169 Å². The van der Waals surface area contributed by atoms with Crippen molar-refractivity contribution in [3.05, 3.63) is 102 Å². The molecule has 5 heteroatoms. The summed E-state index contributed by atoms with van der Waals surface area (Å²) < 4.78 is 20.9. The number of nitrogens with one attached hydrogen (secondary N) is 1. The van der Waals surface area contributed by atoms with Gasteiger partial charge < -0.3 is 14.6 Å². The molecule has 146 valence electrons. The fourth-order valence-corrected chi connectivity index (χ4v) is 3.09. The van der Waals surface area contributed by atoms with Gasteiger partial charge in [0.05, 0.1) is 11.9 Å². The average molecular weight is 387 g/mol. The Balaban J connectivity index is 1.35. The summed E-state index contributed by atoms with van der Waals surface area (Å²) in [6.45, 7) is 1.20. The van der Waals surface area contributed by atoms with Crippen LogP contribution in [0.5, 0.6) is 5.75 Å². The molecular weight excluding hydrogens is 365 g/mol. The van der Waals surface area contributed by atoms with Gasteiger partial charge in [-0.25, -0.2) is 9.37 Å². The minimum Gasteiger partial charge on any atom is -0.489 e. The van der Waals surface area contributed by atoms with E-state index in [1.165, 1.54) is 12.1 Å². The molecular formula is C24H22FN3O. The van der Waals surface area contributed by atoms with Crippen LogP contribution in [0.4, 0.5) is 10.3 Å². The molecule has 0 aliphatic rings. The molecule has 0 bridgehead atoms. The Kier molecular flexibility index (Phi) is 5.56. The molecule has 0 amide bonds. The van der Waals surface area contributed by atoms with Crippen LogP contribution in [0.15, 0.2) is 85.1 Å². The molecule has 0 radical (unpaired) electrons. The van der Waals surface area contributed by atoms with E-state index in [1.54, 1.807) is 18.3 Å². The van der Waals surface area contributed by atoms with E-state index < -0.39 is 0 Å². The summed E-state index contributed by atoms with van der Waals surface area (Å²) in [6, 6.07) is 24.5. The van der Waals surface area contributed by atoms with Crippen LogP contribution in [0.2, 0.25) is 0 Å². The van der Waals surface area contributed by atoms with Gasteiger partial charge in [-0.2, -0.15) is 0 Å². The fourth-order valence-electron chi connectivity index (χ4n) is 3.09. The summed E-state index contributed by atoms with van der Waals surface area (Å²) in [5.41, 5.74) is 4.12. The summed E-state index contributed by atoms with van der Waals surface area (Å²) in [5, 5.41) is 3.35. The highest BCUT2D eigenvalue weighted by atomic mass is 19.1. The van der Waals surface area contributed by atoms with Gasteiger partial charge in [-0.05, 0) is 47.5 Å². The lowest BCUT2D eigenvalue weighted by Crippen LogP contribution is -2.05. The maximum Gasteiger partial charge on any atom is 0.203 e. The van der Waals surface area contributed by atoms with E-state index in [0.29, 0.717) is 13.2 Å². The Morgan fingerprint density at radius 1 is 0.897 bits per heavy atom. The molecule has 0 saturated carbocycles. The zero-order valence-electron chi connectivity index (χ0n) is 16.2. The van der Waals surface area contributed by atoms with Crippen LogP contribution < -0.4 is 10.1 Å². The maximum absolute atomic E-state index is 13.1. The number of ether oxygens (including phenoxy) is 1. The van der Waals surface area contributed by atoms with E-state index in [1.807, 2.05) is 66.2 Å². The van der Waals surface area contributed by atoms with Crippen LogP contribution in [-0.4, -0.2) is 9.55 Å². The molecule has 29 heavy (non-hydrogen) atoms. The molecule has 0 aliphatic heterocycles. The van der Waals surface area contributed by atoms with Gasteiger partial charge in [-0.3, -0.25) is 0 Å². The number of imidazole rings is 1. The zero-order valence-corrected chi connectivity index (χ0v) is 16.2. The first-order valence-corrected chi connectivity index (χ1v) is 9.46. The number of anilines is 1. The highest BCUT2D eigenvalue weighted by Crippen LogP contribution is 2.22. The smallest absolute Gasteiger partial charge is 0.203 e. The van der Waals surface area contributed by atoms with Crippen molar-refractivity contribution in [3.63, 3.8) is 0 Å². The standard InChI is InChI=1S/C24H22FN3O/c1-28-23(20-9-11-21(25)12-10-20)16-27-24(28)26-15-18-7-13-22(14-8-18)29-17-19-5-3-2-4-6-19/h2-14,16H,15,17H2,1H3,(H,26,27). The summed E-state index contributed by atoms with van der Waals surface area (Å²) in [7, 11) is 1.94. The van der Waals surface area contributed by atoms with Gasteiger partial charge in [0.2, 0.25) is 5.95 Å². The highest BCUT2D eigenvalue weighted by Gasteiger charge is 2.08. The van der Waals surface area contributed by atoms with Crippen LogP contribution in [-0.2, 0) is 20.2 Å². The lowest BCUT2D eigenvalue weighted by molar-refractivity contribution is 0.306. The van der Waals surface area contributed by atoms with Crippen molar-refractivity contribution in [2.75, 3.05) is 5.32 Å². The van der Waals surface area contributed by atoms with E-state index in [-0.39, 0.29) is 5.82 Å². The van der Waals surface area contributed by atoms with Crippen LogP contribution in [0.1, 0.15) is 11.1 Å². The van der Waals surface area contributed by atoms with E-state index in [9.17, 15) is 4.39 Å². The molecule has 0 aliphatic carbocycles. The third kappa shape index (κ3) is 4.63. The van der Waals surface area contributed by atoms with Crippen LogP contribution in [0.3, 0.4) is 0 Å². The molecule has 0 unspecified atom stereocenters. The second-order valence-corrected chi connectivity index (χ2v) is 6.80. The number of rotatable bonds is 7. The van der Waals surface area contributed by atoms with Gasteiger partial charge in [-0.1, -0.05) is 42.5 Å². The van der Waals surface area contributed by atoms with Crippen molar-refractivity contribution in [3.8, 4) is 17.0 Å². The molecule has 0 atom stereocenters. The predicted molar refractivity (Wildman–Crippen MR) is 113 cm³/mol. The number of nitrogens with zero attached hydrogens (tertiary/aromatic N) is 2. The Hall–Kier alpha value is -3.60. The van der Waals surface area contributed by atoms with Crippen molar-refractivity contribution in [1.82, 2.24) is 9.55 Å².